The number of hydrogen-bond acceptors (Lipinski definition) is 2. The monoisotopic (exact) mass is 310 g/mol. The molecule has 0 aliphatic carbocycles. The van der Waals surface area contributed by atoms with Crippen LogP contribution in [0.1, 0.15) is 21.5 Å². The van der Waals surface area contributed by atoms with Crippen molar-refractivity contribution < 1.29 is 18.0 Å². The number of rotatable bonds is 2. The Morgan fingerprint density at radius 3 is 2.50 bits per heavy atom. The van der Waals surface area contributed by atoms with E-state index >= 15 is 0 Å². The third-order valence-corrected chi connectivity index (χ3v) is 3.21. The van der Waals surface area contributed by atoms with Crippen LogP contribution in [0.4, 0.5) is 13.2 Å². The summed E-state index contributed by atoms with van der Waals surface area (Å²) in [7, 11) is 1.38. The number of benzene rings is 1. The highest BCUT2D eigenvalue weighted by atomic mass is 19.4. The number of aromatic nitrogens is 1. The van der Waals surface area contributed by atoms with Gasteiger partial charge in [-0.25, -0.2) is 0 Å². The highest BCUT2D eigenvalue weighted by Crippen LogP contribution is 2.30. The summed E-state index contributed by atoms with van der Waals surface area (Å²) < 4.78 is 39.3. The van der Waals surface area contributed by atoms with E-state index in [4.69, 9.17) is 0 Å². The van der Waals surface area contributed by atoms with Gasteiger partial charge in [0.25, 0.3) is 11.5 Å². The minimum atomic E-state index is -4.51. The number of nitrogens with zero attached hydrogens (tertiary/aromatic N) is 1. The second-order valence-corrected chi connectivity index (χ2v) is 4.68. The molecule has 0 radical (unpaired) electrons. The number of alkyl halides is 3. The molecule has 1 heterocycles. The van der Waals surface area contributed by atoms with Crippen molar-refractivity contribution in [3.63, 3.8) is 0 Å². The van der Waals surface area contributed by atoms with Gasteiger partial charge in [0.2, 0.25) is 0 Å². The highest BCUT2D eigenvalue weighted by molar-refractivity contribution is 5.95. The van der Waals surface area contributed by atoms with Gasteiger partial charge in [-0.15, -0.1) is 0 Å². The van der Waals surface area contributed by atoms with Crippen LogP contribution < -0.4 is 10.9 Å². The van der Waals surface area contributed by atoms with Gasteiger partial charge in [0.05, 0.1) is 5.56 Å². The lowest BCUT2D eigenvalue weighted by Crippen LogP contribution is -2.31. The summed E-state index contributed by atoms with van der Waals surface area (Å²) in [6.07, 6.45) is -3.16. The molecule has 0 fully saturated rings. The molecule has 2 aromatic rings. The number of carbonyl (C=O) groups excluding carboxylic acids is 1. The fraction of sp³-hybridized carbons (Fsp3) is 0.200. The Bertz CT molecular complexity index is 779. The summed E-state index contributed by atoms with van der Waals surface area (Å²) in [5.41, 5.74) is -1.13. The van der Waals surface area contributed by atoms with Crippen molar-refractivity contribution in [1.82, 2.24) is 9.88 Å². The number of nitrogens with one attached hydrogen (secondary N) is 1. The SMILES string of the molecule is CNC(=O)c1c(C)ccn(-c2cccc(C(F)(F)F)c2)c1=O. The Balaban J connectivity index is 2.65. The first kappa shape index (κ1) is 15.8. The molecule has 1 amide bonds. The maximum atomic E-state index is 12.8. The first-order valence-corrected chi connectivity index (χ1v) is 6.37. The van der Waals surface area contributed by atoms with Crippen LogP contribution in [0.5, 0.6) is 0 Å². The van der Waals surface area contributed by atoms with Gasteiger partial charge in [0, 0.05) is 18.9 Å². The largest absolute Gasteiger partial charge is 0.416 e. The lowest BCUT2D eigenvalue weighted by Gasteiger charge is -2.12. The van der Waals surface area contributed by atoms with Gasteiger partial charge in [0.1, 0.15) is 5.56 Å². The molecule has 22 heavy (non-hydrogen) atoms. The molecule has 0 spiro atoms. The molecule has 0 unspecified atom stereocenters. The highest BCUT2D eigenvalue weighted by Gasteiger charge is 2.30. The molecule has 0 bridgehead atoms. The van der Waals surface area contributed by atoms with Crippen molar-refractivity contribution in [1.29, 1.82) is 0 Å². The Morgan fingerprint density at radius 1 is 1.23 bits per heavy atom. The van der Waals surface area contributed by atoms with Gasteiger partial charge in [-0.2, -0.15) is 13.2 Å². The molecule has 0 atom stereocenters. The van der Waals surface area contributed by atoms with E-state index in [-0.39, 0.29) is 11.3 Å². The van der Waals surface area contributed by atoms with E-state index in [1.807, 2.05) is 0 Å². The van der Waals surface area contributed by atoms with Crippen LogP contribution in [-0.2, 0) is 6.18 Å². The molecular formula is C15H13F3N2O2. The summed E-state index contributed by atoms with van der Waals surface area (Å²) in [6.45, 7) is 1.59. The lowest BCUT2D eigenvalue weighted by atomic mass is 10.1. The predicted octanol–water partition coefficient (Wildman–Crippen LogP) is 2.52. The Hall–Kier alpha value is -2.57. The lowest BCUT2D eigenvalue weighted by molar-refractivity contribution is -0.137. The average Bonchev–Trinajstić information content (AvgIpc) is 2.46. The van der Waals surface area contributed by atoms with Crippen molar-refractivity contribution in [2.75, 3.05) is 7.05 Å². The van der Waals surface area contributed by atoms with Crippen LogP contribution in [0.15, 0.2) is 41.3 Å². The van der Waals surface area contributed by atoms with E-state index in [0.717, 1.165) is 16.7 Å². The van der Waals surface area contributed by atoms with E-state index in [1.54, 1.807) is 6.92 Å². The molecule has 2 rings (SSSR count). The fourth-order valence-corrected chi connectivity index (χ4v) is 2.06. The molecular weight excluding hydrogens is 297 g/mol. The number of aryl methyl sites for hydroxylation is 1. The Kier molecular flexibility index (Phi) is 4.07. The van der Waals surface area contributed by atoms with Crippen LogP contribution in [0.2, 0.25) is 0 Å². The zero-order valence-corrected chi connectivity index (χ0v) is 11.9. The van der Waals surface area contributed by atoms with E-state index < -0.39 is 23.2 Å². The minimum absolute atomic E-state index is 0.0463. The zero-order chi connectivity index (χ0) is 16.5. The third kappa shape index (κ3) is 2.88. The number of amides is 1. The van der Waals surface area contributed by atoms with Gasteiger partial charge < -0.3 is 5.32 Å². The van der Waals surface area contributed by atoms with E-state index in [1.165, 1.54) is 31.4 Å². The molecule has 1 aromatic heterocycles. The second kappa shape index (κ2) is 5.67. The van der Waals surface area contributed by atoms with Crippen molar-refractivity contribution in [2.24, 2.45) is 0 Å². The molecule has 7 heteroatoms. The standard InChI is InChI=1S/C15H13F3N2O2/c1-9-6-7-20(14(22)12(9)13(21)19-2)11-5-3-4-10(8-11)15(16,17)18/h3-8H,1-2H3,(H,19,21). The van der Waals surface area contributed by atoms with E-state index in [2.05, 4.69) is 5.32 Å². The second-order valence-electron chi connectivity index (χ2n) is 4.68. The molecule has 4 nitrogen and oxygen atoms in total. The molecule has 1 aromatic carbocycles. The van der Waals surface area contributed by atoms with Crippen LogP contribution >= 0.6 is 0 Å². The Morgan fingerprint density at radius 2 is 1.91 bits per heavy atom. The third-order valence-electron chi connectivity index (χ3n) is 3.21. The molecule has 1 N–H and O–H groups in total. The molecule has 0 saturated carbocycles. The predicted molar refractivity (Wildman–Crippen MR) is 75.2 cm³/mol. The number of carbonyl (C=O) groups is 1. The Labute approximate surface area is 124 Å². The molecule has 0 saturated heterocycles. The summed E-state index contributed by atoms with van der Waals surface area (Å²) in [5, 5.41) is 2.34. The van der Waals surface area contributed by atoms with Crippen molar-refractivity contribution in [3.05, 3.63) is 63.6 Å². The summed E-state index contributed by atoms with van der Waals surface area (Å²) in [6, 6.07) is 5.88. The first-order valence-electron chi connectivity index (χ1n) is 6.37. The van der Waals surface area contributed by atoms with Crippen molar-refractivity contribution >= 4 is 5.91 Å². The minimum Gasteiger partial charge on any atom is -0.355 e. The van der Waals surface area contributed by atoms with Gasteiger partial charge in [0.15, 0.2) is 0 Å². The van der Waals surface area contributed by atoms with Crippen molar-refractivity contribution in [3.8, 4) is 5.69 Å². The number of pyridine rings is 1. The molecule has 0 aliphatic heterocycles. The van der Waals surface area contributed by atoms with Gasteiger partial charge in [-0.3, -0.25) is 14.2 Å². The number of hydrogen-bond donors (Lipinski definition) is 1. The van der Waals surface area contributed by atoms with E-state index in [0.29, 0.717) is 5.56 Å². The summed E-state index contributed by atoms with van der Waals surface area (Å²) >= 11 is 0. The van der Waals surface area contributed by atoms with Gasteiger partial charge in [-0.1, -0.05) is 6.07 Å². The summed E-state index contributed by atoms with van der Waals surface area (Å²) in [4.78, 5) is 24.1. The fourth-order valence-electron chi connectivity index (χ4n) is 2.06. The van der Waals surface area contributed by atoms with Crippen molar-refractivity contribution in [2.45, 2.75) is 13.1 Å². The summed E-state index contributed by atoms with van der Waals surface area (Å²) in [5.74, 6) is -0.580. The maximum Gasteiger partial charge on any atom is 0.416 e. The quantitative estimate of drug-likeness (QED) is 0.926. The van der Waals surface area contributed by atoms with Crippen LogP contribution in [-0.4, -0.2) is 17.5 Å². The van der Waals surface area contributed by atoms with Gasteiger partial charge in [-0.05, 0) is 36.8 Å². The normalized spacial score (nSPS) is 11.3. The first-order chi connectivity index (χ1) is 10.3. The smallest absolute Gasteiger partial charge is 0.355 e. The van der Waals surface area contributed by atoms with Crippen LogP contribution in [0.3, 0.4) is 0 Å². The van der Waals surface area contributed by atoms with E-state index in [9.17, 15) is 22.8 Å². The van der Waals surface area contributed by atoms with Crippen LogP contribution in [0, 0.1) is 6.92 Å². The zero-order valence-electron chi connectivity index (χ0n) is 11.9. The number of halogens is 3. The molecule has 116 valence electrons. The average molecular weight is 310 g/mol. The van der Waals surface area contributed by atoms with Crippen LogP contribution in [0.25, 0.3) is 5.69 Å². The van der Waals surface area contributed by atoms with Gasteiger partial charge >= 0.3 is 6.18 Å². The maximum absolute atomic E-state index is 12.8. The molecule has 0 aliphatic rings. The topological polar surface area (TPSA) is 51.1 Å².